The van der Waals surface area contributed by atoms with Crippen molar-refractivity contribution >= 4 is 0 Å². The highest BCUT2D eigenvalue weighted by molar-refractivity contribution is 5.33. The van der Waals surface area contributed by atoms with Gasteiger partial charge in [0.05, 0.1) is 0 Å². The number of rotatable bonds is 2. The topological polar surface area (TPSA) is 0 Å². The Balaban J connectivity index is 2.23. The second kappa shape index (κ2) is 4.16. The standard InChI is InChI=1S/C14H20/c1-3-12-8-9-14(10-11(12)2)13-6-4-5-7-13/h8-10,13H,3-7H2,1-2H3. The van der Waals surface area contributed by atoms with Crippen molar-refractivity contribution in [1.82, 2.24) is 0 Å². The Morgan fingerprint density at radius 3 is 2.50 bits per heavy atom. The first-order valence-corrected chi connectivity index (χ1v) is 5.90. The smallest absolute Gasteiger partial charge is 0.0162 e. The first kappa shape index (κ1) is 9.76. The molecule has 0 N–H and O–H groups in total. The molecule has 0 radical (unpaired) electrons. The molecule has 0 amide bonds. The van der Waals surface area contributed by atoms with Gasteiger partial charge < -0.3 is 0 Å². The summed E-state index contributed by atoms with van der Waals surface area (Å²) in [5, 5.41) is 0. The van der Waals surface area contributed by atoms with Crippen LogP contribution in [0.5, 0.6) is 0 Å². The van der Waals surface area contributed by atoms with Crippen LogP contribution in [0.2, 0.25) is 0 Å². The van der Waals surface area contributed by atoms with Crippen LogP contribution in [-0.4, -0.2) is 0 Å². The number of benzene rings is 1. The molecule has 2 rings (SSSR count). The van der Waals surface area contributed by atoms with E-state index in [1.807, 2.05) is 0 Å². The first-order valence-electron chi connectivity index (χ1n) is 5.90. The molecule has 1 aromatic carbocycles. The summed E-state index contributed by atoms with van der Waals surface area (Å²) < 4.78 is 0. The lowest BCUT2D eigenvalue weighted by atomic mass is 9.93. The highest BCUT2D eigenvalue weighted by Gasteiger charge is 2.17. The van der Waals surface area contributed by atoms with Gasteiger partial charge in [0.15, 0.2) is 0 Å². The molecule has 0 heterocycles. The summed E-state index contributed by atoms with van der Waals surface area (Å²) in [6, 6.07) is 7.08. The van der Waals surface area contributed by atoms with Gasteiger partial charge in [0.1, 0.15) is 0 Å². The third-order valence-electron chi connectivity index (χ3n) is 3.57. The Hall–Kier alpha value is -0.780. The lowest BCUT2D eigenvalue weighted by Crippen LogP contribution is -1.95. The summed E-state index contributed by atoms with van der Waals surface area (Å²) in [6.45, 7) is 4.48. The summed E-state index contributed by atoms with van der Waals surface area (Å²) in [4.78, 5) is 0. The maximum atomic E-state index is 2.41. The summed E-state index contributed by atoms with van der Waals surface area (Å²) in [5.41, 5.74) is 4.57. The van der Waals surface area contributed by atoms with Crippen molar-refractivity contribution in [2.24, 2.45) is 0 Å². The quantitative estimate of drug-likeness (QED) is 0.652. The minimum atomic E-state index is 0.861. The van der Waals surface area contributed by atoms with Crippen LogP contribution in [0.1, 0.15) is 55.2 Å². The second-order valence-corrected chi connectivity index (χ2v) is 4.52. The fourth-order valence-corrected chi connectivity index (χ4v) is 2.63. The van der Waals surface area contributed by atoms with E-state index in [0.717, 1.165) is 12.3 Å². The molecule has 0 bridgehead atoms. The molecule has 1 aromatic rings. The third-order valence-corrected chi connectivity index (χ3v) is 3.57. The molecule has 1 aliphatic carbocycles. The van der Waals surface area contributed by atoms with Crippen LogP contribution >= 0.6 is 0 Å². The lowest BCUT2D eigenvalue weighted by Gasteiger charge is -2.12. The molecule has 0 atom stereocenters. The minimum Gasteiger partial charge on any atom is -0.0613 e. The zero-order valence-electron chi connectivity index (χ0n) is 9.34. The van der Waals surface area contributed by atoms with Gasteiger partial charge >= 0.3 is 0 Å². The van der Waals surface area contributed by atoms with Gasteiger partial charge in [0.25, 0.3) is 0 Å². The van der Waals surface area contributed by atoms with Crippen LogP contribution in [-0.2, 0) is 6.42 Å². The zero-order valence-corrected chi connectivity index (χ0v) is 9.34. The summed E-state index contributed by atoms with van der Waals surface area (Å²) in [6.07, 6.45) is 6.84. The van der Waals surface area contributed by atoms with Gasteiger partial charge in [-0.05, 0) is 48.8 Å². The average molecular weight is 188 g/mol. The molecule has 1 saturated carbocycles. The maximum Gasteiger partial charge on any atom is -0.0162 e. The predicted octanol–water partition coefficient (Wildman–Crippen LogP) is 4.22. The Labute approximate surface area is 87.3 Å². The minimum absolute atomic E-state index is 0.861. The summed E-state index contributed by atoms with van der Waals surface area (Å²) >= 11 is 0. The zero-order chi connectivity index (χ0) is 9.97. The Bertz CT molecular complexity index is 306. The molecule has 0 nitrogen and oxygen atoms in total. The first-order chi connectivity index (χ1) is 6.81. The summed E-state index contributed by atoms with van der Waals surface area (Å²) in [5.74, 6) is 0.861. The molecule has 0 heteroatoms. The van der Waals surface area contributed by atoms with E-state index >= 15 is 0 Å². The van der Waals surface area contributed by atoms with Gasteiger partial charge in [0.2, 0.25) is 0 Å². The fraction of sp³-hybridized carbons (Fsp3) is 0.571. The highest BCUT2D eigenvalue weighted by Crippen LogP contribution is 2.34. The van der Waals surface area contributed by atoms with Crippen molar-refractivity contribution in [3.05, 3.63) is 34.9 Å². The monoisotopic (exact) mass is 188 g/mol. The Kier molecular flexibility index (Phi) is 2.90. The van der Waals surface area contributed by atoms with E-state index < -0.39 is 0 Å². The normalized spacial score (nSPS) is 17.6. The van der Waals surface area contributed by atoms with E-state index in [2.05, 4.69) is 32.0 Å². The van der Waals surface area contributed by atoms with E-state index in [0.29, 0.717) is 0 Å². The van der Waals surface area contributed by atoms with E-state index in [9.17, 15) is 0 Å². The van der Waals surface area contributed by atoms with E-state index in [-0.39, 0.29) is 0 Å². The number of hydrogen-bond donors (Lipinski definition) is 0. The largest absolute Gasteiger partial charge is 0.0613 e. The van der Waals surface area contributed by atoms with E-state index in [1.54, 1.807) is 5.56 Å². The predicted molar refractivity (Wildman–Crippen MR) is 61.8 cm³/mol. The second-order valence-electron chi connectivity index (χ2n) is 4.52. The maximum absolute atomic E-state index is 2.41. The van der Waals surface area contributed by atoms with Crippen molar-refractivity contribution < 1.29 is 0 Å². The van der Waals surface area contributed by atoms with E-state index in [1.165, 1.54) is 36.8 Å². The van der Waals surface area contributed by atoms with Crippen LogP contribution in [0.3, 0.4) is 0 Å². The van der Waals surface area contributed by atoms with Crippen molar-refractivity contribution in [2.75, 3.05) is 0 Å². The van der Waals surface area contributed by atoms with Crippen molar-refractivity contribution in [1.29, 1.82) is 0 Å². The third kappa shape index (κ3) is 1.84. The van der Waals surface area contributed by atoms with Gasteiger partial charge in [-0.15, -0.1) is 0 Å². The van der Waals surface area contributed by atoms with Gasteiger partial charge in [-0.3, -0.25) is 0 Å². The summed E-state index contributed by atoms with van der Waals surface area (Å²) in [7, 11) is 0. The van der Waals surface area contributed by atoms with Crippen LogP contribution in [0.4, 0.5) is 0 Å². The van der Waals surface area contributed by atoms with Gasteiger partial charge in [-0.2, -0.15) is 0 Å². The Morgan fingerprint density at radius 1 is 1.21 bits per heavy atom. The lowest BCUT2D eigenvalue weighted by molar-refractivity contribution is 0.722. The van der Waals surface area contributed by atoms with Crippen LogP contribution in [0.25, 0.3) is 0 Å². The van der Waals surface area contributed by atoms with Crippen LogP contribution in [0, 0.1) is 6.92 Å². The molecule has 14 heavy (non-hydrogen) atoms. The molecule has 0 aromatic heterocycles. The van der Waals surface area contributed by atoms with E-state index in [4.69, 9.17) is 0 Å². The van der Waals surface area contributed by atoms with Gasteiger partial charge in [-0.25, -0.2) is 0 Å². The van der Waals surface area contributed by atoms with Crippen molar-refractivity contribution in [3.63, 3.8) is 0 Å². The molecule has 76 valence electrons. The molecular formula is C14H20. The molecule has 0 spiro atoms. The number of aryl methyl sites for hydroxylation is 2. The van der Waals surface area contributed by atoms with Crippen LogP contribution in [0.15, 0.2) is 18.2 Å². The molecule has 0 saturated heterocycles. The van der Waals surface area contributed by atoms with Crippen molar-refractivity contribution in [2.45, 2.75) is 51.9 Å². The van der Waals surface area contributed by atoms with Gasteiger partial charge in [0, 0.05) is 0 Å². The molecule has 0 aliphatic heterocycles. The van der Waals surface area contributed by atoms with Crippen molar-refractivity contribution in [3.8, 4) is 0 Å². The Morgan fingerprint density at radius 2 is 1.93 bits per heavy atom. The average Bonchev–Trinajstić information content (AvgIpc) is 2.70. The van der Waals surface area contributed by atoms with Gasteiger partial charge in [-0.1, -0.05) is 38.0 Å². The molecule has 1 aliphatic rings. The molecule has 0 unspecified atom stereocenters. The van der Waals surface area contributed by atoms with Crippen LogP contribution < -0.4 is 0 Å². The fourth-order valence-electron chi connectivity index (χ4n) is 2.63. The number of hydrogen-bond acceptors (Lipinski definition) is 0. The molecular weight excluding hydrogens is 168 g/mol. The highest BCUT2D eigenvalue weighted by atomic mass is 14.2. The molecule has 1 fully saturated rings. The SMILES string of the molecule is CCc1ccc(C2CCCC2)cc1C.